The van der Waals surface area contributed by atoms with Gasteiger partial charge in [-0.25, -0.2) is 4.79 Å². The molecule has 0 aromatic carbocycles. The fourth-order valence-electron chi connectivity index (χ4n) is 1.47. The maximum absolute atomic E-state index is 11.2. The molecule has 17 heavy (non-hydrogen) atoms. The van der Waals surface area contributed by atoms with Crippen molar-refractivity contribution in [1.29, 1.82) is 0 Å². The molecule has 0 aliphatic heterocycles. The lowest BCUT2D eigenvalue weighted by Gasteiger charge is -2.23. The molecule has 5 nitrogen and oxygen atoms in total. The predicted octanol–water partition coefficient (Wildman–Crippen LogP) is 0.724. The highest BCUT2D eigenvalue weighted by Crippen LogP contribution is 2.07. The van der Waals surface area contributed by atoms with Crippen LogP contribution in [0.25, 0.3) is 0 Å². The van der Waals surface area contributed by atoms with Crippen molar-refractivity contribution in [2.24, 2.45) is 0 Å². The summed E-state index contributed by atoms with van der Waals surface area (Å²) in [7, 11) is 1.25. The van der Waals surface area contributed by atoms with Gasteiger partial charge in [0, 0.05) is 19.0 Å². The van der Waals surface area contributed by atoms with Crippen molar-refractivity contribution >= 4 is 5.97 Å². The molecule has 1 aromatic heterocycles. The van der Waals surface area contributed by atoms with E-state index < -0.39 is 11.6 Å². The number of esters is 1. The number of carbonyl (C=O) groups is 1. The van der Waals surface area contributed by atoms with Gasteiger partial charge in [0.2, 0.25) is 0 Å². The van der Waals surface area contributed by atoms with Crippen LogP contribution in [0.1, 0.15) is 19.6 Å². The second kappa shape index (κ2) is 5.84. The van der Waals surface area contributed by atoms with Gasteiger partial charge in [-0.3, -0.25) is 0 Å². The number of methoxy groups -OCH3 is 1. The summed E-state index contributed by atoms with van der Waals surface area (Å²) in [6, 6.07) is 3.81. The third kappa shape index (κ3) is 4.20. The average Bonchev–Trinajstić information content (AvgIpc) is 2.78. The third-order valence-corrected chi connectivity index (χ3v) is 2.51. The van der Waals surface area contributed by atoms with Crippen LogP contribution >= 0.6 is 0 Å². The second-order valence-corrected chi connectivity index (χ2v) is 4.33. The van der Waals surface area contributed by atoms with E-state index >= 15 is 0 Å². The molecule has 2 N–H and O–H groups in total. The van der Waals surface area contributed by atoms with Crippen LogP contribution in [0.4, 0.5) is 0 Å². The molecule has 5 heteroatoms. The first-order valence-corrected chi connectivity index (χ1v) is 5.52. The van der Waals surface area contributed by atoms with Crippen molar-refractivity contribution in [2.75, 3.05) is 13.7 Å². The standard InChI is InChI=1S/C12H19NO4/c1-9(7-10-5-4-6-17-10)13-8-12(2,15)11(14)16-3/h4-6,9,13,15H,7-8H2,1-3H3. The SMILES string of the molecule is COC(=O)C(C)(O)CNC(C)Cc1ccco1. The molecule has 0 spiro atoms. The maximum atomic E-state index is 11.2. The first-order valence-electron chi connectivity index (χ1n) is 5.52. The Morgan fingerprint density at radius 2 is 2.41 bits per heavy atom. The fraction of sp³-hybridized carbons (Fsp3) is 0.583. The maximum Gasteiger partial charge on any atom is 0.338 e. The van der Waals surface area contributed by atoms with E-state index in [4.69, 9.17) is 4.42 Å². The van der Waals surface area contributed by atoms with Crippen LogP contribution in [0.2, 0.25) is 0 Å². The minimum atomic E-state index is -1.51. The number of hydrogen-bond acceptors (Lipinski definition) is 5. The van der Waals surface area contributed by atoms with Crippen molar-refractivity contribution in [3.63, 3.8) is 0 Å². The number of ether oxygens (including phenoxy) is 1. The molecule has 1 rings (SSSR count). The van der Waals surface area contributed by atoms with E-state index in [9.17, 15) is 9.90 Å². The molecule has 0 aliphatic rings. The molecule has 0 saturated carbocycles. The molecule has 1 aromatic rings. The van der Waals surface area contributed by atoms with Crippen LogP contribution in [0.3, 0.4) is 0 Å². The lowest BCUT2D eigenvalue weighted by molar-refractivity contribution is -0.160. The van der Waals surface area contributed by atoms with Crippen LogP contribution in [0.5, 0.6) is 0 Å². The summed E-state index contributed by atoms with van der Waals surface area (Å²) < 4.78 is 9.72. The van der Waals surface area contributed by atoms with Crippen LogP contribution in [0.15, 0.2) is 22.8 Å². The van der Waals surface area contributed by atoms with Gasteiger partial charge in [-0.05, 0) is 26.0 Å². The highest BCUT2D eigenvalue weighted by molar-refractivity contribution is 5.78. The lowest BCUT2D eigenvalue weighted by atomic mass is 10.1. The van der Waals surface area contributed by atoms with E-state index in [0.29, 0.717) is 6.42 Å². The zero-order valence-electron chi connectivity index (χ0n) is 10.4. The molecule has 0 amide bonds. The summed E-state index contributed by atoms with van der Waals surface area (Å²) in [6.07, 6.45) is 2.32. The van der Waals surface area contributed by atoms with E-state index in [1.54, 1.807) is 6.26 Å². The number of furan rings is 1. The van der Waals surface area contributed by atoms with E-state index in [0.717, 1.165) is 5.76 Å². The van der Waals surface area contributed by atoms with Gasteiger partial charge < -0.3 is 19.6 Å². The molecule has 96 valence electrons. The molecular weight excluding hydrogens is 222 g/mol. The van der Waals surface area contributed by atoms with Crippen molar-refractivity contribution in [1.82, 2.24) is 5.32 Å². The summed E-state index contributed by atoms with van der Waals surface area (Å²) in [5.74, 6) is 0.220. The summed E-state index contributed by atoms with van der Waals surface area (Å²) in [6.45, 7) is 3.52. The summed E-state index contributed by atoms with van der Waals surface area (Å²) in [5, 5.41) is 12.9. The van der Waals surface area contributed by atoms with Crippen molar-refractivity contribution in [3.8, 4) is 0 Å². The minimum absolute atomic E-state index is 0.0947. The zero-order valence-corrected chi connectivity index (χ0v) is 10.4. The van der Waals surface area contributed by atoms with Gasteiger partial charge in [0.05, 0.1) is 13.4 Å². The molecule has 2 atom stereocenters. The number of aliphatic hydroxyl groups is 1. The quantitative estimate of drug-likeness (QED) is 0.718. The highest BCUT2D eigenvalue weighted by Gasteiger charge is 2.31. The predicted molar refractivity (Wildman–Crippen MR) is 62.5 cm³/mol. The summed E-state index contributed by atoms with van der Waals surface area (Å²) >= 11 is 0. The monoisotopic (exact) mass is 241 g/mol. The normalized spacial score (nSPS) is 16.2. The van der Waals surface area contributed by atoms with Gasteiger partial charge in [-0.1, -0.05) is 0 Å². The largest absolute Gasteiger partial charge is 0.469 e. The Balaban J connectivity index is 2.37. The van der Waals surface area contributed by atoms with E-state index in [-0.39, 0.29) is 12.6 Å². The van der Waals surface area contributed by atoms with Crippen molar-refractivity contribution in [2.45, 2.75) is 31.9 Å². The second-order valence-electron chi connectivity index (χ2n) is 4.33. The topological polar surface area (TPSA) is 71.7 Å². The molecule has 1 heterocycles. The van der Waals surface area contributed by atoms with E-state index in [2.05, 4.69) is 10.1 Å². The van der Waals surface area contributed by atoms with Crippen molar-refractivity contribution in [3.05, 3.63) is 24.2 Å². The van der Waals surface area contributed by atoms with Crippen molar-refractivity contribution < 1.29 is 19.1 Å². The lowest BCUT2D eigenvalue weighted by Crippen LogP contribution is -2.48. The minimum Gasteiger partial charge on any atom is -0.469 e. The summed E-state index contributed by atoms with van der Waals surface area (Å²) in [5.41, 5.74) is -1.51. The molecular formula is C12H19NO4. The molecule has 0 bridgehead atoms. The molecule has 0 saturated heterocycles. The molecule has 0 radical (unpaired) electrons. The van der Waals surface area contributed by atoms with Gasteiger partial charge in [0.15, 0.2) is 5.60 Å². The van der Waals surface area contributed by atoms with Gasteiger partial charge >= 0.3 is 5.97 Å². The third-order valence-electron chi connectivity index (χ3n) is 2.51. The van der Waals surface area contributed by atoms with Gasteiger partial charge in [0.1, 0.15) is 5.76 Å². The van der Waals surface area contributed by atoms with Crippen LogP contribution < -0.4 is 5.32 Å². The molecule has 2 unspecified atom stereocenters. The Morgan fingerprint density at radius 1 is 1.71 bits per heavy atom. The first-order chi connectivity index (χ1) is 7.95. The Hall–Kier alpha value is -1.33. The smallest absolute Gasteiger partial charge is 0.338 e. The molecule has 0 fully saturated rings. The average molecular weight is 241 g/mol. The van der Waals surface area contributed by atoms with Gasteiger partial charge in [-0.2, -0.15) is 0 Å². The molecule has 0 aliphatic carbocycles. The Bertz CT molecular complexity index is 345. The fourth-order valence-corrected chi connectivity index (χ4v) is 1.47. The van der Waals surface area contributed by atoms with E-state index in [1.165, 1.54) is 14.0 Å². The van der Waals surface area contributed by atoms with Crippen LogP contribution in [-0.4, -0.2) is 36.4 Å². The number of rotatable bonds is 6. The summed E-state index contributed by atoms with van der Waals surface area (Å²) in [4.78, 5) is 11.2. The van der Waals surface area contributed by atoms with Crippen LogP contribution in [0, 0.1) is 0 Å². The Morgan fingerprint density at radius 3 is 2.94 bits per heavy atom. The number of hydrogen-bond donors (Lipinski definition) is 2. The zero-order chi connectivity index (χ0) is 12.9. The Kier molecular flexibility index (Phi) is 4.72. The van der Waals surface area contributed by atoms with Gasteiger partial charge in [-0.15, -0.1) is 0 Å². The number of nitrogens with one attached hydrogen (secondary N) is 1. The van der Waals surface area contributed by atoms with Crippen LogP contribution in [-0.2, 0) is 16.0 Å². The first kappa shape index (κ1) is 13.7. The van der Waals surface area contributed by atoms with E-state index in [1.807, 2.05) is 19.1 Å². The van der Waals surface area contributed by atoms with Gasteiger partial charge in [0.25, 0.3) is 0 Å². The highest BCUT2D eigenvalue weighted by atomic mass is 16.5. The Labute approximate surface area is 101 Å². The number of carbonyl (C=O) groups excluding carboxylic acids is 1.